The molecular weight excluding hydrogens is 499 g/mol. The van der Waals surface area contributed by atoms with Gasteiger partial charge in [0.25, 0.3) is 5.91 Å². The predicted octanol–water partition coefficient (Wildman–Crippen LogP) is 5.51. The van der Waals surface area contributed by atoms with Crippen molar-refractivity contribution in [2.75, 3.05) is 19.2 Å². The highest BCUT2D eigenvalue weighted by molar-refractivity contribution is 5.98. The van der Waals surface area contributed by atoms with Gasteiger partial charge in [-0.25, -0.2) is 4.39 Å². The lowest BCUT2D eigenvalue weighted by molar-refractivity contribution is -0.139. The van der Waals surface area contributed by atoms with Crippen LogP contribution < -0.4 is 19.5 Å². The average Bonchev–Trinajstić information content (AvgIpc) is 3.42. The molecule has 1 heterocycles. The van der Waals surface area contributed by atoms with Crippen molar-refractivity contribution < 1.29 is 28.2 Å². The summed E-state index contributed by atoms with van der Waals surface area (Å²) >= 11 is 0. The van der Waals surface area contributed by atoms with Gasteiger partial charge in [-0.15, -0.1) is 0 Å². The van der Waals surface area contributed by atoms with Crippen LogP contribution in [0.5, 0.6) is 17.2 Å². The Morgan fingerprint density at radius 1 is 0.897 bits per heavy atom. The number of anilines is 1. The van der Waals surface area contributed by atoms with E-state index in [-0.39, 0.29) is 31.5 Å². The van der Waals surface area contributed by atoms with Crippen LogP contribution >= 0.6 is 0 Å². The fraction of sp³-hybridized carbons (Fsp3) is 0.161. The molecule has 0 saturated carbocycles. The van der Waals surface area contributed by atoms with Crippen LogP contribution in [0.25, 0.3) is 0 Å². The van der Waals surface area contributed by atoms with E-state index in [2.05, 4.69) is 5.32 Å². The number of rotatable bonds is 9. The number of hydrogen-bond acceptors (Lipinski definition) is 5. The first-order valence-electron chi connectivity index (χ1n) is 12.4. The zero-order valence-corrected chi connectivity index (χ0v) is 21.3. The Hall–Kier alpha value is -4.85. The quantitative estimate of drug-likeness (QED) is 0.311. The number of carbonyl (C=O) groups excluding carboxylic acids is 2. The van der Waals surface area contributed by atoms with E-state index in [0.29, 0.717) is 34.1 Å². The molecule has 7 nitrogen and oxygen atoms in total. The molecule has 1 N–H and O–H groups in total. The topological polar surface area (TPSA) is 77.1 Å². The van der Waals surface area contributed by atoms with Gasteiger partial charge in [0, 0.05) is 18.3 Å². The molecule has 0 spiro atoms. The first kappa shape index (κ1) is 25.8. The SMILES string of the molecule is COc1cccc(C(C(=O)Nc2ccc3c(c2)OCO3)N(Cc2ccc(F)cc2)C(=O)Cc2ccccc2)c1. The Kier molecular flexibility index (Phi) is 7.73. The van der Waals surface area contributed by atoms with E-state index >= 15 is 0 Å². The van der Waals surface area contributed by atoms with Crippen molar-refractivity contribution in [3.63, 3.8) is 0 Å². The maximum atomic E-state index is 14.0. The molecule has 39 heavy (non-hydrogen) atoms. The molecule has 1 aliphatic heterocycles. The largest absolute Gasteiger partial charge is 0.497 e. The summed E-state index contributed by atoms with van der Waals surface area (Å²) in [6, 6.07) is 26.3. The molecule has 0 aromatic heterocycles. The van der Waals surface area contributed by atoms with Crippen molar-refractivity contribution in [2.24, 2.45) is 0 Å². The summed E-state index contributed by atoms with van der Waals surface area (Å²) in [5.74, 6) is 0.587. The summed E-state index contributed by atoms with van der Waals surface area (Å²) in [5, 5.41) is 2.93. The van der Waals surface area contributed by atoms with Gasteiger partial charge in [-0.05, 0) is 53.1 Å². The first-order valence-corrected chi connectivity index (χ1v) is 12.4. The van der Waals surface area contributed by atoms with Crippen LogP contribution in [0.3, 0.4) is 0 Å². The van der Waals surface area contributed by atoms with Gasteiger partial charge in [0.05, 0.1) is 13.5 Å². The van der Waals surface area contributed by atoms with Crippen molar-refractivity contribution in [1.82, 2.24) is 4.90 Å². The summed E-state index contributed by atoms with van der Waals surface area (Å²) in [4.78, 5) is 29.4. The number of carbonyl (C=O) groups is 2. The molecule has 4 aromatic rings. The molecule has 8 heteroatoms. The van der Waals surface area contributed by atoms with Crippen LogP contribution in [0.1, 0.15) is 22.7 Å². The molecule has 0 radical (unpaired) electrons. The van der Waals surface area contributed by atoms with Crippen LogP contribution in [0.15, 0.2) is 97.1 Å². The number of methoxy groups -OCH3 is 1. The fourth-order valence-electron chi connectivity index (χ4n) is 4.45. The number of benzene rings is 4. The zero-order chi connectivity index (χ0) is 27.2. The second-order valence-electron chi connectivity index (χ2n) is 9.05. The van der Waals surface area contributed by atoms with Gasteiger partial charge in [0.1, 0.15) is 17.6 Å². The highest BCUT2D eigenvalue weighted by Crippen LogP contribution is 2.35. The molecule has 1 atom stereocenters. The Morgan fingerprint density at radius 2 is 1.67 bits per heavy atom. The minimum Gasteiger partial charge on any atom is -0.497 e. The zero-order valence-electron chi connectivity index (χ0n) is 21.3. The van der Waals surface area contributed by atoms with Gasteiger partial charge < -0.3 is 24.4 Å². The second kappa shape index (κ2) is 11.7. The maximum absolute atomic E-state index is 14.0. The number of nitrogens with one attached hydrogen (secondary N) is 1. The normalized spacial score (nSPS) is 12.5. The van der Waals surface area contributed by atoms with Crippen molar-refractivity contribution >= 4 is 17.5 Å². The van der Waals surface area contributed by atoms with Gasteiger partial charge >= 0.3 is 0 Å². The monoisotopic (exact) mass is 526 g/mol. The fourth-order valence-corrected chi connectivity index (χ4v) is 4.45. The lowest BCUT2D eigenvalue weighted by atomic mass is 10.0. The van der Waals surface area contributed by atoms with Crippen molar-refractivity contribution in [1.29, 1.82) is 0 Å². The smallest absolute Gasteiger partial charge is 0.251 e. The van der Waals surface area contributed by atoms with Gasteiger partial charge in [-0.1, -0.05) is 54.6 Å². The third kappa shape index (κ3) is 6.18. The second-order valence-corrected chi connectivity index (χ2v) is 9.05. The molecule has 4 aromatic carbocycles. The summed E-state index contributed by atoms with van der Waals surface area (Å²) < 4.78 is 29.9. The molecule has 0 saturated heterocycles. The summed E-state index contributed by atoms with van der Waals surface area (Å²) in [6.45, 7) is 0.195. The lowest BCUT2D eigenvalue weighted by Gasteiger charge is -2.32. The Bertz CT molecular complexity index is 1460. The molecular formula is C31H27FN2O5. The van der Waals surface area contributed by atoms with E-state index in [1.165, 1.54) is 24.1 Å². The van der Waals surface area contributed by atoms with Gasteiger partial charge in [0.2, 0.25) is 12.7 Å². The minimum absolute atomic E-state index is 0.0831. The molecule has 0 bridgehead atoms. The molecule has 1 unspecified atom stereocenters. The predicted molar refractivity (Wildman–Crippen MR) is 144 cm³/mol. The minimum atomic E-state index is -1.02. The van der Waals surface area contributed by atoms with E-state index in [1.807, 2.05) is 30.3 Å². The van der Waals surface area contributed by atoms with Crippen molar-refractivity contribution in [3.05, 3.63) is 120 Å². The van der Waals surface area contributed by atoms with E-state index in [1.54, 1.807) is 54.6 Å². The van der Waals surface area contributed by atoms with Gasteiger partial charge in [-0.2, -0.15) is 0 Å². The molecule has 198 valence electrons. The van der Waals surface area contributed by atoms with E-state index in [4.69, 9.17) is 14.2 Å². The van der Waals surface area contributed by atoms with E-state index < -0.39 is 11.9 Å². The van der Waals surface area contributed by atoms with Crippen LogP contribution in [-0.4, -0.2) is 30.6 Å². The standard InChI is InChI=1S/C31H27FN2O5/c1-37-26-9-5-8-23(17-26)30(31(36)33-25-14-15-27-28(18-25)39-20-38-27)34(19-22-10-12-24(32)13-11-22)29(35)16-21-6-3-2-4-7-21/h2-15,17-18,30H,16,19-20H2,1H3,(H,33,36). The number of hydrogen-bond donors (Lipinski definition) is 1. The van der Waals surface area contributed by atoms with Gasteiger partial charge in [0.15, 0.2) is 11.5 Å². The number of ether oxygens (including phenoxy) is 3. The molecule has 1 aliphatic rings. The summed E-state index contributed by atoms with van der Waals surface area (Å²) in [5.41, 5.74) is 2.55. The summed E-state index contributed by atoms with van der Waals surface area (Å²) in [6.07, 6.45) is 0.0831. The van der Waals surface area contributed by atoms with Crippen LogP contribution in [0.4, 0.5) is 10.1 Å². The summed E-state index contributed by atoms with van der Waals surface area (Å²) in [7, 11) is 1.54. The van der Waals surface area contributed by atoms with Crippen molar-refractivity contribution in [2.45, 2.75) is 19.0 Å². The maximum Gasteiger partial charge on any atom is 0.251 e. The van der Waals surface area contributed by atoms with E-state index in [0.717, 1.165) is 5.56 Å². The highest BCUT2D eigenvalue weighted by atomic mass is 19.1. The first-order chi connectivity index (χ1) is 19.0. The Morgan fingerprint density at radius 3 is 2.44 bits per heavy atom. The number of fused-ring (bicyclic) bond motifs is 1. The molecule has 2 amide bonds. The number of amides is 2. The third-order valence-corrected chi connectivity index (χ3v) is 6.39. The Balaban J connectivity index is 1.53. The third-order valence-electron chi connectivity index (χ3n) is 6.39. The van der Waals surface area contributed by atoms with E-state index in [9.17, 15) is 14.0 Å². The lowest BCUT2D eigenvalue weighted by Crippen LogP contribution is -2.41. The van der Waals surface area contributed by atoms with Gasteiger partial charge in [-0.3, -0.25) is 9.59 Å². The van der Waals surface area contributed by atoms with Crippen LogP contribution in [0, 0.1) is 5.82 Å². The number of halogens is 1. The molecule has 0 aliphatic carbocycles. The van der Waals surface area contributed by atoms with Crippen LogP contribution in [0.2, 0.25) is 0 Å². The Labute approximate surface area is 225 Å². The average molecular weight is 527 g/mol. The number of nitrogens with zero attached hydrogens (tertiary/aromatic N) is 1. The highest BCUT2D eigenvalue weighted by Gasteiger charge is 2.32. The molecule has 0 fully saturated rings. The van der Waals surface area contributed by atoms with Crippen LogP contribution in [-0.2, 0) is 22.6 Å². The van der Waals surface area contributed by atoms with Crippen molar-refractivity contribution in [3.8, 4) is 17.2 Å². The molecule has 5 rings (SSSR count).